The van der Waals surface area contributed by atoms with Gasteiger partial charge in [0.15, 0.2) is 5.13 Å². The van der Waals surface area contributed by atoms with Crippen molar-refractivity contribution in [1.82, 2.24) is 4.98 Å². The third kappa shape index (κ3) is 4.16. The van der Waals surface area contributed by atoms with Crippen LogP contribution in [-0.4, -0.2) is 24.0 Å². The number of aryl methyl sites for hydroxylation is 1. The summed E-state index contributed by atoms with van der Waals surface area (Å²) in [5.41, 5.74) is 1.54. The van der Waals surface area contributed by atoms with E-state index in [2.05, 4.69) is 10.3 Å². The van der Waals surface area contributed by atoms with Crippen molar-refractivity contribution in [3.05, 3.63) is 46.5 Å². The lowest BCUT2D eigenvalue weighted by atomic mass is 9.94. The molecule has 2 rings (SSSR count). The predicted octanol–water partition coefficient (Wildman–Crippen LogP) is 3.76. The average molecular weight is 332 g/mol. The van der Waals surface area contributed by atoms with Crippen molar-refractivity contribution in [2.75, 3.05) is 12.4 Å². The smallest absolute Gasteiger partial charge is 0.350 e. The van der Waals surface area contributed by atoms with E-state index in [1.54, 1.807) is 6.92 Å². The van der Waals surface area contributed by atoms with Crippen molar-refractivity contribution in [3.63, 3.8) is 0 Å². The van der Waals surface area contributed by atoms with Gasteiger partial charge in [0.05, 0.1) is 18.7 Å². The molecule has 6 heteroatoms. The first-order valence-corrected chi connectivity index (χ1v) is 8.30. The Hall–Kier alpha value is -2.21. The maximum Gasteiger partial charge on any atom is 0.350 e. The molecular formula is C17H20N2O3S. The summed E-state index contributed by atoms with van der Waals surface area (Å²) >= 11 is 1.13. The van der Waals surface area contributed by atoms with Crippen LogP contribution in [0.1, 0.15) is 46.6 Å². The highest BCUT2D eigenvalue weighted by Crippen LogP contribution is 2.27. The monoisotopic (exact) mass is 332 g/mol. The zero-order chi connectivity index (χ0) is 16.8. The van der Waals surface area contributed by atoms with Crippen LogP contribution in [0, 0.1) is 6.92 Å². The van der Waals surface area contributed by atoms with Gasteiger partial charge in [-0.15, -0.1) is 0 Å². The molecule has 1 unspecified atom stereocenters. The summed E-state index contributed by atoms with van der Waals surface area (Å²) < 4.78 is 4.71. The van der Waals surface area contributed by atoms with E-state index in [1.807, 2.05) is 37.3 Å². The molecule has 0 saturated heterocycles. The fraction of sp³-hybridized carbons (Fsp3) is 0.353. The topological polar surface area (TPSA) is 68.3 Å². The molecular weight excluding hydrogens is 312 g/mol. The third-order valence-electron chi connectivity index (χ3n) is 3.49. The molecule has 0 spiro atoms. The van der Waals surface area contributed by atoms with Gasteiger partial charge in [-0.3, -0.25) is 4.79 Å². The number of nitrogens with one attached hydrogen (secondary N) is 1. The minimum atomic E-state index is -0.436. The van der Waals surface area contributed by atoms with E-state index in [0.717, 1.165) is 29.7 Å². The first kappa shape index (κ1) is 17.1. The van der Waals surface area contributed by atoms with Gasteiger partial charge in [0.1, 0.15) is 4.88 Å². The van der Waals surface area contributed by atoms with Crippen LogP contribution in [-0.2, 0) is 9.53 Å². The number of aromatic nitrogens is 1. The van der Waals surface area contributed by atoms with Crippen LogP contribution in [0.3, 0.4) is 0 Å². The highest BCUT2D eigenvalue weighted by atomic mass is 32.1. The lowest BCUT2D eigenvalue weighted by Gasteiger charge is -2.15. The van der Waals surface area contributed by atoms with Crippen LogP contribution in [0.2, 0.25) is 0 Å². The van der Waals surface area contributed by atoms with Gasteiger partial charge >= 0.3 is 5.97 Å². The summed E-state index contributed by atoms with van der Waals surface area (Å²) in [7, 11) is 1.33. The first-order valence-electron chi connectivity index (χ1n) is 7.48. The van der Waals surface area contributed by atoms with Crippen molar-refractivity contribution in [2.24, 2.45) is 0 Å². The Labute approximate surface area is 139 Å². The molecule has 23 heavy (non-hydrogen) atoms. The molecule has 1 atom stereocenters. The van der Waals surface area contributed by atoms with Crippen LogP contribution in [0.5, 0.6) is 0 Å². The van der Waals surface area contributed by atoms with Gasteiger partial charge in [0.25, 0.3) is 0 Å². The quantitative estimate of drug-likeness (QED) is 0.818. The van der Waals surface area contributed by atoms with Crippen molar-refractivity contribution >= 4 is 28.3 Å². The van der Waals surface area contributed by atoms with E-state index in [0.29, 0.717) is 15.7 Å². The number of thiazole rings is 1. The van der Waals surface area contributed by atoms with E-state index in [4.69, 9.17) is 4.74 Å². The van der Waals surface area contributed by atoms with Crippen molar-refractivity contribution in [3.8, 4) is 0 Å². The molecule has 0 radical (unpaired) electrons. The maximum absolute atomic E-state index is 12.6. The fourth-order valence-corrected chi connectivity index (χ4v) is 3.24. The number of hydrogen-bond acceptors (Lipinski definition) is 5. The van der Waals surface area contributed by atoms with Gasteiger partial charge < -0.3 is 10.1 Å². The first-order chi connectivity index (χ1) is 11.1. The molecule has 122 valence electrons. The standard InChI is InChI=1S/C17H20N2O3S/c1-4-8-13(12-9-6-5-7-10-12)15(20)19-17-18-11(2)14(23-17)16(21)22-3/h5-7,9-10,13H,4,8H2,1-3H3,(H,18,19,20). The number of benzene rings is 1. The molecule has 0 fully saturated rings. The zero-order valence-corrected chi connectivity index (χ0v) is 14.3. The molecule has 1 aromatic heterocycles. The molecule has 0 aliphatic carbocycles. The van der Waals surface area contributed by atoms with E-state index in [-0.39, 0.29) is 11.8 Å². The van der Waals surface area contributed by atoms with E-state index >= 15 is 0 Å². The molecule has 1 aromatic carbocycles. The number of methoxy groups -OCH3 is 1. The Balaban J connectivity index is 2.17. The van der Waals surface area contributed by atoms with Crippen LogP contribution >= 0.6 is 11.3 Å². The predicted molar refractivity (Wildman–Crippen MR) is 90.9 cm³/mol. The summed E-state index contributed by atoms with van der Waals surface area (Å²) in [5.74, 6) is -0.774. The zero-order valence-electron chi connectivity index (χ0n) is 13.5. The molecule has 0 aliphatic rings. The molecule has 1 N–H and O–H groups in total. The summed E-state index contributed by atoms with van der Waals surface area (Å²) in [6.07, 6.45) is 1.65. The lowest BCUT2D eigenvalue weighted by Crippen LogP contribution is -2.21. The van der Waals surface area contributed by atoms with Gasteiger partial charge in [-0.05, 0) is 18.9 Å². The fourth-order valence-electron chi connectivity index (χ4n) is 2.35. The van der Waals surface area contributed by atoms with Gasteiger partial charge in [-0.1, -0.05) is 55.0 Å². The Bertz CT molecular complexity index is 682. The van der Waals surface area contributed by atoms with Crippen LogP contribution < -0.4 is 5.32 Å². The number of rotatable bonds is 6. The number of anilines is 1. The summed E-state index contributed by atoms with van der Waals surface area (Å²) in [5, 5.41) is 3.25. The molecule has 1 heterocycles. The highest BCUT2D eigenvalue weighted by molar-refractivity contribution is 7.17. The van der Waals surface area contributed by atoms with Crippen LogP contribution in [0.25, 0.3) is 0 Å². The van der Waals surface area contributed by atoms with Crippen LogP contribution in [0.15, 0.2) is 30.3 Å². The van der Waals surface area contributed by atoms with E-state index in [1.165, 1.54) is 7.11 Å². The average Bonchev–Trinajstić information content (AvgIpc) is 2.92. The van der Waals surface area contributed by atoms with Crippen molar-refractivity contribution < 1.29 is 14.3 Å². The molecule has 1 amide bonds. The minimum absolute atomic E-state index is 0.108. The molecule has 0 bridgehead atoms. The number of esters is 1. The third-order valence-corrected chi connectivity index (χ3v) is 4.55. The van der Waals surface area contributed by atoms with Crippen molar-refractivity contribution in [2.45, 2.75) is 32.6 Å². The molecule has 5 nitrogen and oxygen atoms in total. The number of nitrogens with zero attached hydrogens (tertiary/aromatic N) is 1. The highest BCUT2D eigenvalue weighted by Gasteiger charge is 2.22. The van der Waals surface area contributed by atoms with Gasteiger partial charge in [-0.25, -0.2) is 9.78 Å². The molecule has 0 aliphatic heterocycles. The van der Waals surface area contributed by atoms with Crippen LogP contribution in [0.4, 0.5) is 5.13 Å². The lowest BCUT2D eigenvalue weighted by molar-refractivity contribution is -0.117. The number of carbonyl (C=O) groups is 2. The Morgan fingerprint density at radius 2 is 2.00 bits per heavy atom. The maximum atomic E-state index is 12.6. The molecule has 2 aromatic rings. The largest absolute Gasteiger partial charge is 0.465 e. The van der Waals surface area contributed by atoms with Gasteiger partial charge in [0.2, 0.25) is 5.91 Å². The number of hydrogen-bond donors (Lipinski definition) is 1. The second-order valence-corrected chi connectivity index (χ2v) is 6.17. The van der Waals surface area contributed by atoms with Crippen molar-refractivity contribution in [1.29, 1.82) is 0 Å². The summed E-state index contributed by atoms with van der Waals surface area (Å²) in [4.78, 5) is 28.9. The van der Waals surface area contributed by atoms with Gasteiger partial charge in [-0.2, -0.15) is 0 Å². The molecule has 0 saturated carbocycles. The minimum Gasteiger partial charge on any atom is -0.465 e. The second kappa shape index (κ2) is 7.87. The van der Waals surface area contributed by atoms with Gasteiger partial charge in [0, 0.05) is 0 Å². The number of carbonyl (C=O) groups excluding carboxylic acids is 2. The Morgan fingerprint density at radius 3 is 2.61 bits per heavy atom. The summed E-state index contributed by atoms with van der Waals surface area (Å²) in [6, 6.07) is 9.68. The van der Waals surface area contributed by atoms with E-state index in [9.17, 15) is 9.59 Å². The SMILES string of the molecule is CCCC(C(=O)Nc1nc(C)c(C(=O)OC)s1)c1ccccc1. The second-order valence-electron chi connectivity index (χ2n) is 5.17. The Kier molecular flexibility index (Phi) is 5.87. The Morgan fingerprint density at radius 1 is 1.30 bits per heavy atom. The number of ether oxygens (including phenoxy) is 1. The summed E-state index contributed by atoms with van der Waals surface area (Å²) in [6.45, 7) is 3.77. The normalized spacial score (nSPS) is 11.8. The van der Waals surface area contributed by atoms with E-state index < -0.39 is 5.97 Å². The number of amides is 1.